The topological polar surface area (TPSA) is 67.2 Å². The molecule has 1 aliphatic rings. The van der Waals surface area contributed by atoms with Crippen LogP contribution in [-0.2, 0) is 16.6 Å². The summed E-state index contributed by atoms with van der Waals surface area (Å²) < 4.78 is 27.5. The summed E-state index contributed by atoms with van der Waals surface area (Å²) in [5.74, 6) is 0.254. The zero-order valence-corrected chi connectivity index (χ0v) is 14.7. The van der Waals surface area contributed by atoms with Gasteiger partial charge < -0.3 is 9.88 Å². The molecule has 2 aromatic rings. The number of sulfonamides is 1. The third-order valence-electron chi connectivity index (χ3n) is 4.38. The molecule has 0 amide bonds. The van der Waals surface area contributed by atoms with Crippen LogP contribution in [0.4, 0.5) is 5.69 Å². The molecule has 0 bridgehead atoms. The van der Waals surface area contributed by atoms with Gasteiger partial charge in [-0.2, -0.15) is 0 Å². The minimum absolute atomic E-state index is 0.233. The third-order valence-corrected chi connectivity index (χ3v) is 6.25. The fourth-order valence-electron chi connectivity index (χ4n) is 2.98. The Morgan fingerprint density at radius 1 is 1.29 bits per heavy atom. The van der Waals surface area contributed by atoms with Gasteiger partial charge in [-0.05, 0) is 44.0 Å². The van der Waals surface area contributed by atoms with E-state index < -0.39 is 10.0 Å². The first kappa shape index (κ1) is 17.0. The van der Waals surface area contributed by atoms with Gasteiger partial charge >= 0.3 is 0 Å². The van der Waals surface area contributed by atoms with Gasteiger partial charge in [0.25, 0.3) is 0 Å². The second-order valence-corrected chi connectivity index (χ2v) is 8.18. The van der Waals surface area contributed by atoms with Gasteiger partial charge in [0.1, 0.15) is 0 Å². The lowest BCUT2D eigenvalue weighted by atomic mass is 10.1. The van der Waals surface area contributed by atoms with E-state index in [1.165, 1.54) is 4.31 Å². The summed E-state index contributed by atoms with van der Waals surface area (Å²) in [6.45, 7) is 4.58. The summed E-state index contributed by atoms with van der Waals surface area (Å²) in [5, 5.41) is 3.50. The number of benzene rings is 1. The molecule has 6 nitrogen and oxygen atoms in total. The second kappa shape index (κ2) is 7.36. The number of aromatic nitrogens is 2. The maximum Gasteiger partial charge on any atom is 0.235 e. The van der Waals surface area contributed by atoms with Gasteiger partial charge in [-0.25, -0.2) is 13.4 Å². The summed E-state index contributed by atoms with van der Waals surface area (Å²) in [7, 11) is -3.10. The Bertz CT molecular complexity index is 741. The Kier molecular flexibility index (Phi) is 5.20. The lowest BCUT2D eigenvalue weighted by Gasteiger charge is -2.19. The van der Waals surface area contributed by atoms with E-state index in [-0.39, 0.29) is 11.8 Å². The number of rotatable bonds is 7. The molecule has 3 rings (SSSR count). The Labute approximate surface area is 143 Å². The van der Waals surface area contributed by atoms with Gasteiger partial charge in [0.05, 0.1) is 17.8 Å². The summed E-state index contributed by atoms with van der Waals surface area (Å²) in [6.07, 6.45) is 7.32. The van der Waals surface area contributed by atoms with Crippen molar-refractivity contribution in [1.29, 1.82) is 0 Å². The van der Waals surface area contributed by atoms with Crippen LogP contribution in [0.3, 0.4) is 0 Å². The first-order valence-electron chi connectivity index (χ1n) is 8.36. The van der Waals surface area contributed by atoms with Crippen LogP contribution in [0, 0.1) is 0 Å². The molecule has 1 aromatic carbocycles. The average Bonchev–Trinajstić information content (AvgIpc) is 3.20. The third kappa shape index (κ3) is 3.96. The first-order chi connectivity index (χ1) is 11.6. The number of hydrogen-bond donors (Lipinski definition) is 1. The van der Waals surface area contributed by atoms with Gasteiger partial charge in [0.2, 0.25) is 10.0 Å². The number of aryl methyl sites for hydroxylation is 1. The van der Waals surface area contributed by atoms with Crippen molar-refractivity contribution in [3.63, 3.8) is 0 Å². The SMILES string of the molecule is C[C@@H](NCCCn1ccnc1)c1ccc(N2CCCS2(=O)=O)cc1. The van der Waals surface area contributed by atoms with Gasteiger partial charge in [-0.3, -0.25) is 4.31 Å². The van der Waals surface area contributed by atoms with Crippen molar-refractivity contribution in [3.05, 3.63) is 48.5 Å². The van der Waals surface area contributed by atoms with E-state index in [1.54, 1.807) is 6.20 Å². The second-order valence-electron chi connectivity index (χ2n) is 6.16. The van der Waals surface area contributed by atoms with Crippen molar-refractivity contribution in [3.8, 4) is 0 Å². The zero-order valence-electron chi connectivity index (χ0n) is 13.9. The smallest absolute Gasteiger partial charge is 0.235 e. The molecule has 1 aromatic heterocycles. The van der Waals surface area contributed by atoms with Gasteiger partial charge in [0.15, 0.2) is 0 Å². The van der Waals surface area contributed by atoms with Gasteiger partial charge in [-0.15, -0.1) is 0 Å². The van der Waals surface area contributed by atoms with Crippen LogP contribution in [0.25, 0.3) is 0 Å². The lowest BCUT2D eigenvalue weighted by Crippen LogP contribution is -2.25. The predicted octanol–water partition coefficient (Wildman–Crippen LogP) is 2.16. The molecule has 130 valence electrons. The zero-order chi connectivity index (χ0) is 17.0. The predicted molar refractivity (Wildman–Crippen MR) is 95.5 cm³/mol. The number of hydrogen-bond acceptors (Lipinski definition) is 4. The van der Waals surface area contributed by atoms with E-state index >= 15 is 0 Å². The highest BCUT2D eigenvalue weighted by Gasteiger charge is 2.28. The molecule has 1 fully saturated rings. The Balaban J connectivity index is 1.51. The standard InChI is InChI=1S/C17H24N4O2S/c1-15(19-8-2-10-20-12-9-18-14-20)16-4-6-17(7-5-16)21-11-3-13-24(21,22)23/h4-7,9,12,14-15,19H,2-3,8,10-11,13H2,1H3/t15-/m1/s1. The fourth-order valence-corrected chi connectivity index (χ4v) is 4.54. The molecular weight excluding hydrogens is 324 g/mol. The van der Waals surface area contributed by atoms with Crippen molar-refractivity contribution in [1.82, 2.24) is 14.9 Å². The quantitative estimate of drug-likeness (QED) is 0.779. The summed E-state index contributed by atoms with van der Waals surface area (Å²) >= 11 is 0. The van der Waals surface area contributed by atoms with E-state index in [1.807, 2.05) is 36.8 Å². The first-order valence-corrected chi connectivity index (χ1v) is 9.97. The van der Waals surface area contributed by atoms with Crippen molar-refractivity contribution < 1.29 is 8.42 Å². The molecule has 24 heavy (non-hydrogen) atoms. The number of nitrogens with zero attached hydrogens (tertiary/aromatic N) is 3. The van der Waals surface area contributed by atoms with Crippen LogP contribution in [0.15, 0.2) is 43.0 Å². The molecule has 1 N–H and O–H groups in total. The van der Waals surface area contributed by atoms with Crippen LogP contribution >= 0.6 is 0 Å². The van der Waals surface area contributed by atoms with Crippen LogP contribution in [-0.4, -0.2) is 36.8 Å². The Hall–Kier alpha value is -1.86. The van der Waals surface area contributed by atoms with Crippen molar-refractivity contribution in [2.45, 2.75) is 32.4 Å². The van der Waals surface area contributed by atoms with Crippen molar-refractivity contribution >= 4 is 15.7 Å². The average molecular weight is 348 g/mol. The molecule has 0 saturated carbocycles. The number of nitrogens with one attached hydrogen (secondary N) is 1. The van der Waals surface area contributed by atoms with E-state index in [2.05, 4.69) is 21.8 Å². The highest BCUT2D eigenvalue weighted by molar-refractivity contribution is 7.93. The summed E-state index contributed by atoms with van der Waals surface area (Å²) in [5.41, 5.74) is 1.93. The minimum atomic E-state index is -3.10. The van der Waals surface area contributed by atoms with Crippen LogP contribution in [0.1, 0.15) is 31.4 Å². The van der Waals surface area contributed by atoms with Crippen LogP contribution in [0.2, 0.25) is 0 Å². The Morgan fingerprint density at radius 3 is 2.71 bits per heavy atom. The van der Waals surface area contributed by atoms with E-state index in [0.29, 0.717) is 13.0 Å². The molecule has 0 aliphatic carbocycles. The van der Waals surface area contributed by atoms with Crippen LogP contribution < -0.4 is 9.62 Å². The molecule has 1 saturated heterocycles. The highest BCUT2D eigenvalue weighted by Crippen LogP contribution is 2.25. The van der Waals surface area contributed by atoms with E-state index in [9.17, 15) is 8.42 Å². The van der Waals surface area contributed by atoms with Crippen molar-refractivity contribution in [2.24, 2.45) is 0 Å². The monoisotopic (exact) mass is 348 g/mol. The minimum Gasteiger partial charge on any atom is -0.337 e. The number of anilines is 1. The number of imidazole rings is 1. The molecule has 0 radical (unpaired) electrons. The Morgan fingerprint density at radius 2 is 2.08 bits per heavy atom. The molecule has 7 heteroatoms. The molecule has 0 unspecified atom stereocenters. The molecule has 1 aliphatic heterocycles. The largest absolute Gasteiger partial charge is 0.337 e. The van der Waals surface area contributed by atoms with Crippen LogP contribution in [0.5, 0.6) is 0 Å². The highest BCUT2D eigenvalue weighted by atomic mass is 32.2. The fraction of sp³-hybridized carbons (Fsp3) is 0.471. The lowest BCUT2D eigenvalue weighted by molar-refractivity contribution is 0.526. The molecule has 2 heterocycles. The summed E-state index contributed by atoms with van der Waals surface area (Å²) in [4.78, 5) is 4.03. The maximum absolute atomic E-state index is 12.0. The van der Waals surface area contributed by atoms with E-state index in [4.69, 9.17) is 0 Å². The molecular formula is C17H24N4O2S. The normalized spacial score (nSPS) is 18.0. The maximum atomic E-state index is 12.0. The van der Waals surface area contributed by atoms with Gasteiger partial charge in [0, 0.05) is 31.5 Å². The molecule has 0 spiro atoms. The summed E-state index contributed by atoms with van der Waals surface area (Å²) in [6, 6.07) is 8.06. The van der Waals surface area contributed by atoms with Crippen molar-refractivity contribution in [2.75, 3.05) is 23.1 Å². The molecule has 1 atom stereocenters. The van der Waals surface area contributed by atoms with E-state index in [0.717, 1.165) is 30.8 Å². The van der Waals surface area contributed by atoms with Gasteiger partial charge in [-0.1, -0.05) is 12.1 Å².